The molecule has 5 heterocycles. The summed E-state index contributed by atoms with van der Waals surface area (Å²) in [5.74, 6) is -3.34. The Morgan fingerprint density at radius 2 is 1.54 bits per heavy atom. The van der Waals surface area contributed by atoms with Crippen molar-refractivity contribution in [2.24, 2.45) is 11.1 Å². The number of imidazole rings is 1. The number of halogens is 4. The highest BCUT2D eigenvalue weighted by Gasteiger charge is 2.44. The second-order valence-electron chi connectivity index (χ2n) is 21.6. The number of rotatable bonds is 29. The summed E-state index contributed by atoms with van der Waals surface area (Å²) in [7, 11) is 0. The molecule has 7 rings (SSSR count). The van der Waals surface area contributed by atoms with Gasteiger partial charge in [-0.2, -0.15) is 0 Å². The molecule has 2 aliphatic rings. The van der Waals surface area contributed by atoms with Gasteiger partial charge in [0.25, 0.3) is 5.91 Å². The van der Waals surface area contributed by atoms with Crippen LogP contribution in [0, 0.1) is 12.3 Å². The van der Waals surface area contributed by atoms with Gasteiger partial charge >= 0.3 is 6.36 Å². The summed E-state index contributed by atoms with van der Waals surface area (Å²) in [6.45, 7) is 9.46. The minimum Gasteiger partial charge on any atom is -0.471 e. The van der Waals surface area contributed by atoms with Gasteiger partial charge < -0.3 is 64.8 Å². The largest absolute Gasteiger partial charge is 0.573 e. The van der Waals surface area contributed by atoms with Crippen molar-refractivity contribution in [2.75, 3.05) is 65.8 Å². The van der Waals surface area contributed by atoms with Crippen LogP contribution in [0.1, 0.15) is 80.1 Å². The van der Waals surface area contributed by atoms with Gasteiger partial charge in [0.2, 0.25) is 35.4 Å². The van der Waals surface area contributed by atoms with Gasteiger partial charge in [-0.1, -0.05) is 57.2 Å². The number of aryl methyl sites for hydroxylation is 2. The van der Waals surface area contributed by atoms with Crippen molar-refractivity contribution in [3.05, 3.63) is 101 Å². The molecule has 2 aliphatic heterocycles. The number of nitrogens with one attached hydrogen (secondary N) is 3. The maximum Gasteiger partial charge on any atom is 0.573 e. The number of pyridine rings is 1. The highest BCUT2D eigenvalue weighted by Crippen LogP contribution is 2.31. The van der Waals surface area contributed by atoms with E-state index in [9.17, 15) is 47.0 Å². The van der Waals surface area contributed by atoms with Crippen molar-refractivity contribution in [2.45, 2.75) is 116 Å². The van der Waals surface area contributed by atoms with Crippen LogP contribution in [0.3, 0.4) is 0 Å². The number of alkyl halides is 4. The van der Waals surface area contributed by atoms with E-state index >= 15 is 4.39 Å². The minimum atomic E-state index is -4.85. The van der Waals surface area contributed by atoms with Crippen molar-refractivity contribution in [3.63, 3.8) is 0 Å². The number of amides is 6. The Kier molecular flexibility index (Phi) is 23.3. The number of hydrogen-bond acceptors (Lipinski definition) is 16. The first-order valence-electron chi connectivity index (χ1n) is 27.8. The lowest BCUT2D eigenvalue weighted by atomic mass is 9.85. The zero-order chi connectivity index (χ0) is 61.3. The molecule has 3 aromatic heterocycles. The molecule has 22 nitrogen and oxygen atoms in total. The van der Waals surface area contributed by atoms with Crippen LogP contribution in [0.4, 0.5) is 17.6 Å². The summed E-state index contributed by atoms with van der Waals surface area (Å²) in [5.41, 5.74) is 10.8. The molecule has 0 spiro atoms. The molecular formula is C58H72F4N10O12S. The lowest BCUT2D eigenvalue weighted by molar-refractivity contribution is -0.274. The van der Waals surface area contributed by atoms with Crippen LogP contribution in [0.25, 0.3) is 21.7 Å². The van der Waals surface area contributed by atoms with Crippen molar-refractivity contribution >= 4 is 46.8 Å². The van der Waals surface area contributed by atoms with Gasteiger partial charge in [0.05, 0.1) is 86.8 Å². The number of carbonyl (C=O) groups excluding carboxylic acids is 6. The average Bonchev–Trinajstić information content (AvgIpc) is 2.87. The number of primary amides is 1. The van der Waals surface area contributed by atoms with Gasteiger partial charge in [0.1, 0.15) is 29.5 Å². The molecule has 0 unspecified atom stereocenters. The van der Waals surface area contributed by atoms with E-state index in [-0.39, 0.29) is 122 Å². The van der Waals surface area contributed by atoms with Crippen LogP contribution < -0.4 is 31.2 Å². The van der Waals surface area contributed by atoms with E-state index in [4.69, 9.17) is 24.7 Å². The predicted octanol–water partition coefficient (Wildman–Crippen LogP) is 5.08. The van der Waals surface area contributed by atoms with Crippen LogP contribution in [0.15, 0.2) is 78.8 Å². The summed E-state index contributed by atoms with van der Waals surface area (Å²) in [6, 6.07) is 12.2. The molecule has 0 aliphatic carbocycles. The van der Waals surface area contributed by atoms with Crippen LogP contribution >= 0.6 is 11.3 Å². The molecule has 2 fully saturated rings. The van der Waals surface area contributed by atoms with E-state index in [0.717, 1.165) is 33.8 Å². The first-order valence-corrected chi connectivity index (χ1v) is 28.7. The number of ether oxygens (including phenoxy) is 5. The monoisotopic (exact) mass is 1210 g/mol. The Labute approximate surface area is 493 Å². The van der Waals surface area contributed by atoms with Crippen LogP contribution in [0.5, 0.6) is 11.6 Å². The van der Waals surface area contributed by atoms with Crippen molar-refractivity contribution in [1.82, 2.24) is 45.3 Å². The predicted molar refractivity (Wildman–Crippen MR) is 302 cm³/mol. The van der Waals surface area contributed by atoms with Crippen molar-refractivity contribution < 1.29 is 75.1 Å². The van der Waals surface area contributed by atoms with E-state index in [0.29, 0.717) is 29.8 Å². The van der Waals surface area contributed by atoms with E-state index in [2.05, 4.69) is 35.6 Å². The lowest BCUT2D eigenvalue weighted by Crippen LogP contribution is -2.57. The van der Waals surface area contributed by atoms with Crippen molar-refractivity contribution in [1.29, 1.82) is 0 Å². The number of aliphatic hydroxyl groups excluding tert-OH is 1. The summed E-state index contributed by atoms with van der Waals surface area (Å²) < 4.78 is 81.0. The minimum absolute atomic E-state index is 0.0226. The van der Waals surface area contributed by atoms with Gasteiger partial charge in [-0.15, -0.1) is 24.5 Å². The van der Waals surface area contributed by atoms with Gasteiger partial charge in [0, 0.05) is 76.4 Å². The third-order valence-electron chi connectivity index (χ3n) is 14.0. The first-order chi connectivity index (χ1) is 40.5. The highest BCUT2D eigenvalue weighted by molar-refractivity contribution is 7.13. The molecule has 0 radical (unpaired) electrons. The van der Waals surface area contributed by atoms with Gasteiger partial charge in [0.15, 0.2) is 6.17 Å². The maximum absolute atomic E-state index is 15.4. The molecule has 5 atom stereocenters. The number of aliphatic hydroxyl groups is 1. The number of nitrogens with two attached hydrogens (primary N) is 1. The average molecular weight is 1210 g/mol. The number of carbonyl (C=O) groups is 6. The number of β-amino-alcohol motifs (C(OH)–C–C–N with tert-alkyl or cyclic N) is 1. The normalized spacial score (nSPS) is 17.5. The van der Waals surface area contributed by atoms with Gasteiger partial charge in [-0.25, -0.2) is 19.3 Å². The molecule has 2 saturated heterocycles. The quantitative estimate of drug-likeness (QED) is 0.0308. The molecular weight excluding hydrogens is 1140 g/mol. The fourth-order valence-corrected chi connectivity index (χ4v) is 10.3. The second-order valence-corrected chi connectivity index (χ2v) is 22.4. The number of aromatic nitrogens is 4. The van der Waals surface area contributed by atoms with E-state index in [1.54, 1.807) is 33.9 Å². The lowest BCUT2D eigenvalue weighted by Gasteiger charge is -2.35. The zero-order valence-corrected chi connectivity index (χ0v) is 48.6. The number of benzene rings is 2. The number of piperidine rings is 1. The molecule has 2 aromatic carbocycles. The Balaban J connectivity index is 0.715. The van der Waals surface area contributed by atoms with Crippen LogP contribution in [-0.2, 0) is 57.7 Å². The summed E-state index contributed by atoms with van der Waals surface area (Å²) in [5, 5.41) is 19.1. The Bertz CT molecular complexity index is 3050. The fraction of sp³-hybridized carbons (Fsp3) is 0.500. The summed E-state index contributed by atoms with van der Waals surface area (Å²) in [6.07, 6.45) is -3.11. The topological polar surface area (TPSA) is 281 Å². The standard InChI is InChI=1S/C58H72F4N10O12S/c1-36-51(85-35-68-36)39-11-7-38(8-12-39)29-65-54(78)46-28-41(73)31-72(46)56(79)52(57(2,3)4)69-49(75)16-20-80-22-24-82-25-23-81-21-17-64-48(74)6-5-18-70-33-45(67-34-70)40-27-43(53(63)77)55(66-30-40)83-47-15-19-71(32-44(47)59)50(76)26-37-9-13-42(14-10-37)84-58(60,61)62/h7-14,27,30,33-35,41,44,46-47,52,73H,5-6,15-26,28-29,31-32H2,1-4H3,(H2,63,77)(H,64,74)(H,65,78)(H,69,75)/t41-,44-,46-,47-,52-/m1/s1. The van der Waals surface area contributed by atoms with E-state index in [1.807, 2.05) is 52.0 Å². The van der Waals surface area contributed by atoms with Crippen molar-refractivity contribution in [3.8, 4) is 33.3 Å². The Morgan fingerprint density at radius 1 is 0.847 bits per heavy atom. The molecule has 5 aromatic rings. The van der Waals surface area contributed by atoms with Gasteiger partial charge in [-0.3, -0.25) is 28.8 Å². The molecule has 6 amide bonds. The second kappa shape index (κ2) is 30.5. The highest BCUT2D eigenvalue weighted by atomic mass is 32.1. The molecule has 460 valence electrons. The first kappa shape index (κ1) is 65.0. The van der Waals surface area contributed by atoms with E-state index < -0.39 is 77.5 Å². The number of nitrogens with zero attached hydrogens (tertiary/aromatic N) is 6. The Morgan fingerprint density at radius 3 is 2.20 bits per heavy atom. The van der Waals surface area contributed by atoms with Gasteiger partial charge in [-0.05, 0) is 53.6 Å². The molecule has 0 bridgehead atoms. The number of likely N-dealkylation sites (tertiary alicyclic amines) is 2. The number of thiazole rings is 1. The smallest absolute Gasteiger partial charge is 0.471 e. The molecule has 0 saturated carbocycles. The Hall–Kier alpha value is -7.59. The number of hydrogen-bond donors (Lipinski definition) is 5. The molecule has 6 N–H and O–H groups in total. The SMILES string of the molecule is Cc1ncsc1-c1ccc(CNC(=O)[C@H]2C[C@@H](O)CN2C(=O)[C@@H](NC(=O)CCOCCOCCOCCNC(=O)CCCn2cnc(-c3cnc(O[C@@H]4CCN(C(=O)Cc5ccc(OC(F)(F)F)cc5)C[C@H]4F)c(C(N)=O)c3)c2)C(C)(C)C)cc1. The summed E-state index contributed by atoms with van der Waals surface area (Å²) >= 11 is 1.56. The fourth-order valence-electron chi connectivity index (χ4n) is 9.47. The van der Waals surface area contributed by atoms with Crippen LogP contribution in [0.2, 0.25) is 0 Å². The molecule has 27 heteroatoms. The third-order valence-corrected chi connectivity index (χ3v) is 15.0. The maximum atomic E-state index is 15.4. The summed E-state index contributed by atoms with van der Waals surface area (Å²) in [4.78, 5) is 95.0. The molecule has 85 heavy (non-hydrogen) atoms. The third kappa shape index (κ3) is 19.7. The zero-order valence-electron chi connectivity index (χ0n) is 47.7. The van der Waals surface area contributed by atoms with E-state index in [1.165, 1.54) is 34.2 Å². The van der Waals surface area contributed by atoms with Crippen LogP contribution in [-0.4, -0.2) is 173 Å².